The minimum Gasteiger partial charge on any atom is -0.497 e. The van der Waals surface area contributed by atoms with E-state index >= 15 is 0 Å². The second-order valence-corrected chi connectivity index (χ2v) is 9.94. The average Bonchev–Trinajstić information content (AvgIpc) is 3.68. The highest BCUT2D eigenvalue weighted by atomic mass is 19.4. The van der Waals surface area contributed by atoms with Crippen molar-refractivity contribution in [3.63, 3.8) is 0 Å². The van der Waals surface area contributed by atoms with Gasteiger partial charge in [-0.2, -0.15) is 0 Å². The molecule has 2 fully saturated rings. The average molecular weight is 524 g/mol. The summed E-state index contributed by atoms with van der Waals surface area (Å²) < 4.78 is 60.7. The molecule has 1 aliphatic heterocycles. The Morgan fingerprint density at radius 2 is 1.78 bits per heavy atom. The quantitative estimate of drug-likeness (QED) is 0.454. The van der Waals surface area contributed by atoms with Gasteiger partial charge in [0.25, 0.3) is 0 Å². The van der Waals surface area contributed by atoms with E-state index < -0.39 is 47.5 Å². The number of hydrogen-bond donors (Lipinski definition) is 3. The topological polar surface area (TPSA) is 88.7 Å². The summed E-state index contributed by atoms with van der Waals surface area (Å²) in [4.78, 5) is 25.8. The molecule has 2 aromatic carbocycles. The Morgan fingerprint density at radius 1 is 1.11 bits per heavy atom. The monoisotopic (exact) mass is 523 g/mol. The van der Waals surface area contributed by atoms with E-state index in [4.69, 9.17) is 4.74 Å². The number of nitrogens with one attached hydrogen (secondary N) is 3. The van der Waals surface area contributed by atoms with Gasteiger partial charge < -0.3 is 20.1 Å². The fraction of sp³-hybridized carbons (Fsp3) is 0.462. The van der Waals surface area contributed by atoms with Crippen LogP contribution in [0.25, 0.3) is 0 Å². The summed E-state index contributed by atoms with van der Waals surface area (Å²) in [5, 5.41) is 9.00. The Bertz CT molecular complexity index is 1150. The van der Waals surface area contributed by atoms with E-state index in [2.05, 4.69) is 20.7 Å². The van der Waals surface area contributed by atoms with Crippen LogP contribution in [0.4, 0.5) is 17.6 Å². The lowest BCUT2D eigenvalue weighted by atomic mass is 9.80. The molecule has 0 radical (unpaired) electrons. The van der Waals surface area contributed by atoms with Crippen LogP contribution in [-0.2, 0) is 15.0 Å². The molecule has 3 N–H and O–H groups in total. The van der Waals surface area contributed by atoms with Gasteiger partial charge in [0.2, 0.25) is 11.8 Å². The molecule has 2 unspecified atom stereocenters. The Balaban J connectivity index is 1.49. The van der Waals surface area contributed by atoms with Gasteiger partial charge in [-0.1, -0.05) is 32.0 Å². The summed E-state index contributed by atoms with van der Waals surface area (Å²) in [6.45, 7) is 3.88. The van der Waals surface area contributed by atoms with Crippen LogP contribution in [0, 0.1) is 11.7 Å². The number of carbonyl (C=O) groups is 2. The molecule has 2 amide bonds. The molecule has 3 atom stereocenters. The number of amides is 2. The third-order valence-corrected chi connectivity index (χ3v) is 6.87. The first-order chi connectivity index (χ1) is 17.4. The lowest BCUT2D eigenvalue weighted by molar-refractivity contribution is -0.275. The standard InChI is InChI=1S/C26H29F4N3O4/c1-25(2,16-7-9-17(36-3)10-8-16)24-31-19(13-21(34)32-24)23(35)33-22(14-4-5-14)15-6-11-20(18(27)12-15)37-26(28,29)30/h6-12,14,19,22,24,31H,4-5,13H2,1-3H3,(H,32,34)(H,33,35)/t19?,22-,24?/m1/s1. The number of rotatable bonds is 8. The molecule has 200 valence electrons. The zero-order valence-electron chi connectivity index (χ0n) is 20.6. The number of alkyl halides is 3. The van der Waals surface area contributed by atoms with Gasteiger partial charge in [-0.25, -0.2) is 4.39 Å². The SMILES string of the molecule is COc1ccc(C(C)(C)C2NC(=O)CC(C(=O)N[C@@H](c3ccc(OC(F)(F)F)c(F)c3)C3CC3)N2)cc1. The van der Waals surface area contributed by atoms with Gasteiger partial charge in [-0.05, 0) is 54.2 Å². The van der Waals surface area contributed by atoms with Gasteiger partial charge in [0.05, 0.1) is 31.8 Å². The molecular weight excluding hydrogens is 494 g/mol. The van der Waals surface area contributed by atoms with Crippen molar-refractivity contribution < 1.29 is 36.6 Å². The first-order valence-electron chi connectivity index (χ1n) is 11.9. The molecule has 7 nitrogen and oxygen atoms in total. The van der Waals surface area contributed by atoms with Gasteiger partial charge in [0, 0.05) is 5.41 Å². The molecule has 2 aliphatic rings. The van der Waals surface area contributed by atoms with Gasteiger partial charge in [-0.15, -0.1) is 13.2 Å². The van der Waals surface area contributed by atoms with Gasteiger partial charge in [0.1, 0.15) is 5.75 Å². The predicted octanol–water partition coefficient (Wildman–Crippen LogP) is 4.08. The fourth-order valence-electron chi connectivity index (χ4n) is 4.53. The molecule has 1 saturated carbocycles. The van der Waals surface area contributed by atoms with Crippen molar-refractivity contribution in [2.45, 2.75) is 63.1 Å². The Morgan fingerprint density at radius 3 is 2.35 bits per heavy atom. The van der Waals surface area contributed by atoms with E-state index in [1.54, 1.807) is 7.11 Å². The van der Waals surface area contributed by atoms with Crippen LogP contribution in [0.2, 0.25) is 0 Å². The van der Waals surface area contributed by atoms with Gasteiger partial charge in [-0.3, -0.25) is 14.9 Å². The van der Waals surface area contributed by atoms with E-state index in [9.17, 15) is 27.2 Å². The van der Waals surface area contributed by atoms with Crippen molar-refractivity contribution in [3.05, 3.63) is 59.4 Å². The number of carbonyl (C=O) groups excluding carboxylic acids is 2. The highest BCUT2D eigenvalue weighted by molar-refractivity contribution is 5.90. The summed E-state index contributed by atoms with van der Waals surface area (Å²) in [7, 11) is 1.57. The normalized spacial score (nSPS) is 21.1. The predicted molar refractivity (Wildman–Crippen MR) is 126 cm³/mol. The van der Waals surface area contributed by atoms with Gasteiger partial charge >= 0.3 is 6.36 Å². The first-order valence-corrected chi connectivity index (χ1v) is 11.9. The van der Waals surface area contributed by atoms with Crippen molar-refractivity contribution in [2.75, 3.05) is 7.11 Å². The molecule has 0 bridgehead atoms. The van der Waals surface area contributed by atoms with Gasteiger partial charge in [0.15, 0.2) is 11.6 Å². The summed E-state index contributed by atoms with van der Waals surface area (Å²) in [5.41, 5.74) is 0.659. The fourth-order valence-corrected chi connectivity index (χ4v) is 4.53. The molecule has 1 aliphatic carbocycles. The van der Waals surface area contributed by atoms with Crippen LogP contribution in [0.5, 0.6) is 11.5 Å². The number of methoxy groups -OCH3 is 1. The van der Waals surface area contributed by atoms with Crippen LogP contribution < -0.4 is 25.4 Å². The van der Waals surface area contributed by atoms with Crippen molar-refractivity contribution >= 4 is 11.8 Å². The molecule has 0 spiro atoms. The van der Waals surface area contributed by atoms with Crippen molar-refractivity contribution in [3.8, 4) is 11.5 Å². The Kier molecular flexibility index (Phi) is 7.36. The number of halogens is 4. The maximum Gasteiger partial charge on any atom is 0.573 e. The van der Waals surface area contributed by atoms with E-state index in [0.717, 1.165) is 30.5 Å². The lowest BCUT2D eigenvalue weighted by Gasteiger charge is -2.41. The summed E-state index contributed by atoms with van der Waals surface area (Å²) in [6.07, 6.45) is -4.12. The van der Waals surface area contributed by atoms with E-state index in [0.29, 0.717) is 11.3 Å². The van der Waals surface area contributed by atoms with Crippen LogP contribution in [0.1, 0.15) is 50.3 Å². The zero-order chi connectivity index (χ0) is 27.0. The third kappa shape index (κ3) is 6.33. The zero-order valence-corrected chi connectivity index (χ0v) is 20.6. The van der Waals surface area contributed by atoms with Crippen LogP contribution in [0.15, 0.2) is 42.5 Å². The third-order valence-electron chi connectivity index (χ3n) is 6.87. The van der Waals surface area contributed by atoms with Crippen molar-refractivity contribution in [2.24, 2.45) is 5.92 Å². The maximum atomic E-state index is 14.3. The highest BCUT2D eigenvalue weighted by Gasteiger charge is 2.42. The molecule has 4 rings (SSSR count). The largest absolute Gasteiger partial charge is 0.573 e. The summed E-state index contributed by atoms with van der Waals surface area (Å²) in [5.74, 6) is -2.15. The van der Waals surface area contributed by atoms with Crippen molar-refractivity contribution in [1.29, 1.82) is 0 Å². The Labute approximate surface area is 211 Å². The van der Waals surface area contributed by atoms with E-state index in [-0.39, 0.29) is 18.2 Å². The molecule has 37 heavy (non-hydrogen) atoms. The van der Waals surface area contributed by atoms with Crippen LogP contribution in [0.3, 0.4) is 0 Å². The molecule has 0 aromatic heterocycles. The minimum atomic E-state index is -5.02. The second kappa shape index (κ2) is 10.2. The second-order valence-electron chi connectivity index (χ2n) is 9.94. The highest BCUT2D eigenvalue weighted by Crippen LogP contribution is 2.42. The Hall–Kier alpha value is -3.34. The lowest BCUT2D eigenvalue weighted by Crippen LogP contribution is -2.66. The van der Waals surface area contributed by atoms with Crippen LogP contribution in [-0.4, -0.2) is 37.5 Å². The molecule has 1 heterocycles. The molecular formula is C26H29F4N3O4. The van der Waals surface area contributed by atoms with Crippen molar-refractivity contribution in [1.82, 2.24) is 16.0 Å². The van der Waals surface area contributed by atoms with E-state index in [1.807, 2.05) is 38.1 Å². The maximum absolute atomic E-state index is 14.3. The summed E-state index contributed by atoms with van der Waals surface area (Å²) >= 11 is 0. The molecule has 1 saturated heterocycles. The number of ether oxygens (including phenoxy) is 2. The smallest absolute Gasteiger partial charge is 0.497 e. The van der Waals surface area contributed by atoms with E-state index in [1.165, 1.54) is 6.07 Å². The number of benzene rings is 2. The minimum absolute atomic E-state index is 0.0155. The molecule has 2 aromatic rings. The van der Waals surface area contributed by atoms with Crippen LogP contribution >= 0.6 is 0 Å². The number of hydrogen-bond acceptors (Lipinski definition) is 5. The summed E-state index contributed by atoms with van der Waals surface area (Å²) in [6, 6.07) is 9.11. The molecule has 11 heteroatoms. The first kappa shape index (κ1) is 26.7.